The van der Waals surface area contributed by atoms with Crippen LogP contribution in [-0.4, -0.2) is 41.7 Å². The first-order valence-corrected chi connectivity index (χ1v) is 7.83. The third-order valence-corrected chi connectivity index (χ3v) is 4.56. The largest absolute Gasteiger partial charge is 0.478 e. The molecule has 4 nitrogen and oxygen atoms in total. The summed E-state index contributed by atoms with van der Waals surface area (Å²) in [7, 11) is 0. The van der Waals surface area contributed by atoms with Crippen LogP contribution in [0.5, 0.6) is 0 Å². The van der Waals surface area contributed by atoms with Gasteiger partial charge in [-0.15, -0.1) is 0 Å². The molecular formula is C15H21BrN2O2. The standard InChI is InChI=1S/C15H21BrN2O2/c1-11(18-6-2-3-7-18)9-17-10-13-5-4-12(15(19)20)8-14(13)16/h4-5,8,11,17H,2-3,6-7,9-10H2,1H3,(H,19,20). The van der Waals surface area contributed by atoms with Crippen LogP contribution in [0, 0.1) is 0 Å². The van der Waals surface area contributed by atoms with Gasteiger partial charge in [0.2, 0.25) is 0 Å². The molecule has 1 aromatic rings. The predicted octanol–water partition coefficient (Wildman–Crippen LogP) is 2.72. The minimum Gasteiger partial charge on any atom is -0.478 e. The molecule has 110 valence electrons. The zero-order valence-electron chi connectivity index (χ0n) is 11.7. The molecule has 0 bridgehead atoms. The zero-order chi connectivity index (χ0) is 14.5. The molecule has 1 atom stereocenters. The highest BCUT2D eigenvalue weighted by molar-refractivity contribution is 9.10. The summed E-state index contributed by atoms with van der Waals surface area (Å²) < 4.78 is 0.846. The maximum atomic E-state index is 10.9. The molecule has 0 aromatic heterocycles. The SMILES string of the molecule is CC(CNCc1ccc(C(=O)O)cc1Br)N1CCCC1. The number of benzene rings is 1. The molecule has 20 heavy (non-hydrogen) atoms. The Bertz CT molecular complexity index is 473. The summed E-state index contributed by atoms with van der Waals surface area (Å²) in [6.45, 7) is 6.37. The van der Waals surface area contributed by atoms with Crippen LogP contribution in [0.2, 0.25) is 0 Å². The second kappa shape index (κ2) is 7.20. The molecule has 2 rings (SSSR count). The Labute approximate surface area is 128 Å². The van der Waals surface area contributed by atoms with Crippen LogP contribution in [0.4, 0.5) is 0 Å². The van der Waals surface area contributed by atoms with Crippen molar-refractivity contribution in [2.45, 2.75) is 32.4 Å². The van der Waals surface area contributed by atoms with E-state index in [2.05, 4.69) is 33.1 Å². The lowest BCUT2D eigenvalue weighted by atomic mass is 10.1. The van der Waals surface area contributed by atoms with Gasteiger partial charge in [-0.2, -0.15) is 0 Å². The molecular weight excluding hydrogens is 320 g/mol. The summed E-state index contributed by atoms with van der Waals surface area (Å²) in [6.07, 6.45) is 2.62. The highest BCUT2D eigenvalue weighted by Crippen LogP contribution is 2.19. The fraction of sp³-hybridized carbons (Fsp3) is 0.533. The molecule has 1 aliphatic rings. The van der Waals surface area contributed by atoms with E-state index in [-0.39, 0.29) is 0 Å². The van der Waals surface area contributed by atoms with Crippen molar-refractivity contribution >= 4 is 21.9 Å². The van der Waals surface area contributed by atoms with Gasteiger partial charge in [-0.05, 0) is 50.6 Å². The summed E-state index contributed by atoms with van der Waals surface area (Å²) in [5, 5.41) is 12.4. The molecule has 2 N–H and O–H groups in total. The molecule has 1 aliphatic heterocycles. The van der Waals surface area contributed by atoms with E-state index in [9.17, 15) is 4.79 Å². The van der Waals surface area contributed by atoms with Gasteiger partial charge in [0.25, 0.3) is 0 Å². The second-order valence-electron chi connectivity index (χ2n) is 5.33. The van der Waals surface area contributed by atoms with Crippen LogP contribution in [-0.2, 0) is 6.54 Å². The zero-order valence-corrected chi connectivity index (χ0v) is 13.3. The molecule has 0 radical (unpaired) electrons. The van der Waals surface area contributed by atoms with Gasteiger partial charge in [0.15, 0.2) is 0 Å². The summed E-state index contributed by atoms with van der Waals surface area (Å²) >= 11 is 3.44. The number of aromatic carboxylic acids is 1. The van der Waals surface area contributed by atoms with Crippen molar-refractivity contribution < 1.29 is 9.90 Å². The van der Waals surface area contributed by atoms with Gasteiger partial charge in [-0.3, -0.25) is 4.90 Å². The van der Waals surface area contributed by atoms with Crippen molar-refractivity contribution in [2.24, 2.45) is 0 Å². The summed E-state index contributed by atoms with van der Waals surface area (Å²) in [6, 6.07) is 5.72. The first-order chi connectivity index (χ1) is 9.58. The third kappa shape index (κ3) is 4.04. The maximum Gasteiger partial charge on any atom is 0.335 e. The highest BCUT2D eigenvalue weighted by atomic mass is 79.9. The number of carboxylic acid groups (broad SMARTS) is 1. The smallest absolute Gasteiger partial charge is 0.335 e. The number of likely N-dealkylation sites (tertiary alicyclic amines) is 1. The number of hydrogen-bond donors (Lipinski definition) is 2. The number of nitrogens with zero attached hydrogens (tertiary/aromatic N) is 1. The Morgan fingerprint density at radius 2 is 2.15 bits per heavy atom. The monoisotopic (exact) mass is 340 g/mol. The van der Waals surface area contributed by atoms with Crippen molar-refractivity contribution in [2.75, 3.05) is 19.6 Å². The van der Waals surface area contributed by atoms with Crippen molar-refractivity contribution in [1.82, 2.24) is 10.2 Å². The molecule has 1 aromatic carbocycles. The summed E-state index contributed by atoms with van der Waals surface area (Å²) in [4.78, 5) is 13.4. The van der Waals surface area contributed by atoms with Gasteiger partial charge < -0.3 is 10.4 Å². The predicted molar refractivity (Wildman–Crippen MR) is 83.1 cm³/mol. The fourth-order valence-corrected chi connectivity index (χ4v) is 3.07. The Hall–Kier alpha value is -0.910. The molecule has 0 amide bonds. The van der Waals surface area contributed by atoms with Crippen molar-refractivity contribution in [3.05, 3.63) is 33.8 Å². The molecule has 1 fully saturated rings. The Morgan fingerprint density at radius 3 is 2.75 bits per heavy atom. The minimum absolute atomic E-state index is 0.311. The van der Waals surface area contributed by atoms with Gasteiger partial charge in [-0.25, -0.2) is 4.79 Å². The lowest BCUT2D eigenvalue weighted by Gasteiger charge is -2.24. The second-order valence-corrected chi connectivity index (χ2v) is 6.19. The van der Waals surface area contributed by atoms with Gasteiger partial charge >= 0.3 is 5.97 Å². The molecule has 1 saturated heterocycles. The first-order valence-electron chi connectivity index (χ1n) is 7.04. The van der Waals surface area contributed by atoms with E-state index < -0.39 is 5.97 Å². The quantitative estimate of drug-likeness (QED) is 0.835. The Kier molecular flexibility index (Phi) is 5.57. The first kappa shape index (κ1) is 15.5. The van der Waals surface area contributed by atoms with Gasteiger partial charge in [0.1, 0.15) is 0 Å². The van der Waals surface area contributed by atoms with E-state index >= 15 is 0 Å². The normalized spacial score (nSPS) is 17.3. The van der Waals surface area contributed by atoms with E-state index in [0.717, 1.165) is 23.1 Å². The Balaban J connectivity index is 1.83. The Morgan fingerprint density at radius 1 is 1.45 bits per heavy atom. The van der Waals surface area contributed by atoms with E-state index in [1.54, 1.807) is 12.1 Å². The van der Waals surface area contributed by atoms with E-state index in [1.165, 1.54) is 25.9 Å². The molecule has 5 heteroatoms. The number of nitrogens with one attached hydrogen (secondary N) is 1. The molecule has 0 aliphatic carbocycles. The number of halogens is 1. The van der Waals surface area contributed by atoms with Crippen LogP contribution in [0.25, 0.3) is 0 Å². The molecule has 0 spiro atoms. The minimum atomic E-state index is -0.895. The number of rotatable bonds is 6. The van der Waals surface area contributed by atoms with Crippen LogP contribution in [0.1, 0.15) is 35.7 Å². The number of carboxylic acids is 1. The van der Waals surface area contributed by atoms with Crippen LogP contribution >= 0.6 is 15.9 Å². The van der Waals surface area contributed by atoms with Crippen LogP contribution in [0.15, 0.2) is 22.7 Å². The van der Waals surface area contributed by atoms with E-state index in [4.69, 9.17) is 5.11 Å². The highest BCUT2D eigenvalue weighted by Gasteiger charge is 2.17. The van der Waals surface area contributed by atoms with Crippen LogP contribution in [0.3, 0.4) is 0 Å². The maximum absolute atomic E-state index is 10.9. The third-order valence-electron chi connectivity index (χ3n) is 3.82. The lowest BCUT2D eigenvalue weighted by molar-refractivity contribution is 0.0697. The topological polar surface area (TPSA) is 52.6 Å². The van der Waals surface area contributed by atoms with Crippen molar-refractivity contribution in [1.29, 1.82) is 0 Å². The van der Waals surface area contributed by atoms with Gasteiger partial charge in [0.05, 0.1) is 5.56 Å². The van der Waals surface area contributed by atoms with Crippen molar-refractivity contribution in [3.63, 3.8) is 0 Å². The van der Waals surface area contributed by atoms with Gasteiger partial charge in [-0.1, -0.05) is 22.0 Å². The fourth-order valence-electron chi connectivity index (χ4n) is 2.55. The van der Waals surface area contributed by atoms with E-state index in [1.807, 2.05) is 6.07 Å². The average molecular weight is 341 g/mol. The number of hydrogen-bond acceptors (Lipinski definition) is 3. The summed E-state index contributed by atoms with van der Waals surface area (Å²) in [5.74, 6) is -0.895. The van der Waals surface area contributed by atoms with Gasteiger partial charge in [0, 0.05) is 23.6 Å². The number of carbonyl (C=O) groups is 1. The van der Waals surface area contributed by atoms with Crippen molar-refractivity contribution in [3.8, 4) is 0 Å². The summed E-state index contributed by atoms with van der Waals surface area (Å²) in [5.41, 5.74) is 1.40. The lowest BCUT2D eigenvalue weighted by Crippen LogP contribution is -2.38. The van der Waals surface area contributed by atoms with Crippen LogP contribution < -0.4 is 5.32 Å². The van der Waals surface area contributed by atoms with E-state index in [0.29, 0.717) is 11.6 Å². The average Bonchev–Trinajstić information content (AvgIpc) is 2.94. The molecule has 0 saturated carbocycles. The molecule has 1 unspecified atom stereocenters. The molecule has 1 heterocycles.